The number of aliphatic imine (C=N–C) groups is 1. The van der Waals surface area contributed by atoms with E-state index in [0.29, 0.717) is 18.5 Å². The molecule has 1 aromatic rings. The maximum atomic E-state index is 5.48. The van der Waals surface area contributed by atoms with Crippen molar-refractivity contribution in [1.29, 1.82) is 0 Å². The van der Waals surface area contributed by atoms with Gasteiger partial charge in [-0.1, -0.05) is 13.8 Å². The predicted molar refractivity (Wildman–Crippen MR) is 131 cm³/mol. The molecule has 1 aromatic carbocycles. The standard InChI is InChI=1S/C21H37N5O2.HI/c1-16(2)19(26-11-9-25(4)10-12-26)15-24-21(22-3)23-14-17-7-8-18(27-5)13-20(17)28-6;/h7-8,13,16,19H,9-12,14-15H2,1-6H3,(H2,22,23,24);1H. The molecule has 0 radical (unpaired) electrons. The van der Waals surface area contributed by atoms with Crippen molar-refractivity contribution in [2.45, 2.75) is 26.4 Å². The van der Waals surface area contributed by atoms with Crippen LogP contribution in [0, 0.1) is 5.92 Å². The van der Waals surface area contributed by atoms with Gasteiger partial charge < -0.3 is 25.0 Å². The molecule has 1 aliphatic heterocycles. The third-order valence-corrected chi connectivity index (χ3v) is 5.42. The number of hydrogen-bond donors (Lipinski definition) is 2. The maximum absolute atomic E-state index is 5.48. The zero-order valence-electron chi connectivity index (χ0n) is 18.7. The van der Waals surface area contributed by atoms with Gasteiger partial charge in [-0.15, -0.1) is 24.0 Å². The Labute approximate surface area is 193 Å². The van der Waals surface area contributed by atoms with E-state index < -0.39 is 0 Å². The summed E-state index contributed by atoms with van der Waals surface area (Å²) in [4.78, 5) is 9.37. The first-order chi connectivity index (χ1) is 13.5. The van der Waals surface area contributed by atoms with Crippen LogP contribution >= 0.6 is 24.0 Å². The van der Waals surface area contributed by atoms with Crippen molar-refractivity contribution in [2.24, 2.45) is 10.9 Å². The smallest absolute Gasteiger partial charge is 0.191 e. The van der Waals surface area contributed by atoms with E-state index >= 15 is 0 Å². The third kappa shape index (κ3) is 7.82. The molecule has 0 amide bonds. The molecule has 2 N–H and O–H groups in total. The minimum atomic E-state index is 0. The van der Waals surface area contributed by atoms with Crippen LogP contribution in [0.5, 0.6) is 11.5 Å². The Morgan fingerprint density at radius 3 is 2.34 bits per heavy atom. The number of nitrogens with one attached hydrogen (secondary N) is 2. The van der Waals surface area contributed by atoms with Crippen LogP contribution < -0.4 is 20.1 Å². The molecule has 0 aromatic heterocycles. The molecule has 8 heteroatoms. The highest BCUT2D eigenvalue weighted by molar-refractivity contribution is 14.0. The molecule has 0 saturated carbocycles. The number of rotatable bonds is 8. The zero-order chi connectivity index (χ0) is 20.5. The van der Waals surface area contributed by atoms with Crippen LogP contribution in [-0.2, 0) is 6.54 Å². The average molecular weight is 519 g/mol. The van der Waals surface area contributed by atoms with Crippen molar-refractivity contribution < 1.29 is 9.47 Å². The number of ether oxygens (including phenoxy) is 2. The van der Waals surface area contributed by atoms with Gasteiger partial charge in [0.1, 0.15) is 11.5 Å². The maximum Gasteiger partial charge on any atom is 0.191 e. The Balaban J connectivity index is 0.00000420. The van der Waals surface area contributed by atoms with Crippen LogP contribution in [0.2, 0.25) is 0 Å². The molecule has 1 heterocycles. The van der Waals surface area contributed by atoms with Crippen LogP contribution in [0.15, 0.2) is 23.2 Å². The molecule has 0 aliphatic carbocycles. The van der Waals surface area contributed by atoms with Crippen LogP contribution in [0.4, 0.5) is 0 Å². The summed E-state index contributed by atoms with van der Waals surface area (Å²) in [7, 11) is 7.33. The predicted octanol–water partition coefficient (Wildman–Crippen LogP) is 2.26. The molecule has 0 spiro atoms. The fourth-order valence-corrected chi connectivity index (χ4v) is 3.54. The lowest BCUT2D eigenvalue weighted by Gasteiger charge is -2.40. The van der Waals surface area contributed by atoms with E-state index in [1.165, 1.54) is 0 Å². The summed E-state index contributed by atoms with van der Waals surface area (Å²) in [5.41, 5.74) is 1.06. The molecule has 1 saturated heterocycles. The molecule has 166 valence electrons. The summed E-state index contributed by atoms with van der Waals surface area (Å²) < 4.78 is 10.7. The van der Waals surface area contributed by atoms with E-state index in [2.05, 4.69) is 46.3 Å². The summed E-state index contributed by atoms with van der Waals surface area (Å²) >= 11 is 0. The molecule has 1 atom stereocenters. The van der Waals surface area contributed by atoms with Crippen molar-refractivity contribution in [2.75, 3.05) is 61.0 Å². The SMILES string of the molecule is CN=C(NCc1ccc(OC)cc1OC)NCC(C(C)C)N1CCN(C)CC1.I. The number of guanidine groups is 1. The summed E-state index contributed by atoms with van der Waals surface area (Å²) in [5, 5.41) is 6.90. The van der Waals surface area contributed by atoms with E-state index in [9.17, 15) is 0 Å². The van der Waals surface area contributed by atoms with Crippen molar-refractivity contribution in [3.05, 3.63) is 23.8 Å². The van der Waals surface area contributed by atoms with E-state index in [0.717, 1.165) is 55.7 Å². The molecular weight excluding hydrogens is 481 g/mol. The molecule has 2 rings (SSSR count). The fraction of sp³-hybridized carbons (Fsp3) is 0.667. The molecule has 29 heavy (non-hydrogen) atoms. The zero-order valence-corrected chi connectivity index (χ0v) is 21.0. The first kappa shape index (κ1) is 25.8. The lowest BCUT2D eigenvalue weighted by molar-refractivity contribution is 0.0900. The first-order valence-corrected chi connectivity index (χ1v) is 10.1. The summed E-state index contributed by atoms with van der Waals surface area (Å²) in [6.45, 7) is 10.6. The summed E-state index contributed by atoms with van der Waals surface area (Å²) in [5.74, 6) is 2.98. The second-order valence-corrected chi connectivity index (χ2v) is 7.64. The van der Waals surface area contributed by atoms with E-state index in [1.54, 1.807) is 21.3 Å². The van der Waals surface area contributed by atoms with Crippen LogP contribution in [0.1, 0.15) is 19.4 Å². The van der Waals surface area contributed by atoms with Gasteiger partial charge in [0, 0.05) is 64.0 Å². The number of likely N-dealkylation sites (N-methyl/N-ethyl adjacent to an activating group) is 1. The van der Waals surface area contributed by atoms with Crippen LogP contribution in [0.3, 0.4) is 0 Å². The van der Waals surface area contributed by atoms with E-state index in [4.69, 9.17) is 9.47 Å². The van der Waals surface area contributed by atoms with Crippen LogP contribution in [0.25, 0.3) is 0 Å². The van der Waals surface area contributed by atoms with Crippen molar-refractivity contribution in [3.8, 4) is 11.5 Å². The first-order valence-electron chi connectivity index (χ1n) is 10.1. The lowest BCUT2D eigenvalue weighted by atomic mass is 10.0. The van der Waals surface area contributed by atoms with Crippen LogP contribution in [-0.4, -0.2) is 82.8 Å². The van der Waals surface area contributed by atoms with Gasteiger partial charge in [0.15, 0.2) is 5.96 Å². The highest BCUT2D eigenvalue weighted by Crippen LogP contribution is 2.24. The van der Waals surface area contributed by atoms with E-state index in [-0.39, 0.29) is 24.0 Å². The molecule has 1 fully saturated rings. The van der Waals surface area contributed by atoms with Gasteiger partial charge in [-0.2, -0.15) is 0 Å². The second kappa shape index (κ2) is 13.1. The number of nitrogens with zero attached hydrogens (tertiary/aromatic N) is 3. The Bertz CT molecular complexity index is 633. The fourth-order valence-electron chi connectivity index (χ4n) is 3.54. The quantitative estimate of drug-likeness (QED) is 0.312. The highest BCUT2D eigenvalue weighted by Gasteiger charge is 2.25. The van der Waals surface area contributed by atoms with Gasteiger partial charge >= 0.3 is 0 Å². The largest absolute Gasteiger partial charge is 0.497 e. The Morgan fingerprint density at radius 2 is 1.79 bits per heavy atom. The molecule has 1 aliphatic rings. The third-order valence-electron chi connectivity index (χ3n) is 5.42. The average Bonchev–Trinajstić information content (AvgIpc) is 2.71. The van der Waals surface area contributed by atoms with Gasteiger partial charge in [0.25, 0.3) is 0 Å². The molecule has 0 bridgehead atoms. The number of hydrogen-bond acceptors (Lipinski definition) is 5. The topological polar surface area (TPSA) is 61.4 Å². The van der Waals surface area contributed by atoms with Gasteiger partial charge in [-0.3, -0.25) is 9.89 Å². The lowest BCUT2D eigenvalue weighted by Crippen LogP contribution is -2.55. The normalized spacial score (nSPS) is 16.9. The Hall–Kier alpha value is -1.26. The van der Waals surface area contributed by atoms with Crippen molar-refractivity contribution >= 4 is 29.9 Å². The summed E-state index contributed by atoms with van der Waals surface area (Å²) in [6, 6.07) is 6.34. The van der Waals surface area contributed by atoms with Gasteiger partial charge in [0.2, 0.25) is 0 Å². The minimum absolute atomic E-state index is 0. The summed E-state index contributed by atoms with van der Waals surface area (Å²) in [6.07, 6.45) is 0. The number of benzene rings is 1. The second-order valence-electron chi connectivity index (χ2n) is 7.64. The van der Waals surface area contributed by atoms with Gasteiger partial charge in [-0.25, -0.2) is 0 Å². The Morgan fingerprint density at radius 1 is 1.10 bits per heavy atom. The number of methoxy groups -OCH3 is 2. The van der Waals surface area contributed by atoms with Gasteiger partial charge in [-0.05, 0) is 25.1 Å². The van der Waals surface area contributed by atoms with Gasteiger partial charge in [0.05, 0.1) is 14.2 Å². The number of halogens is 1. The molecular formula is C21H38IN5O2. The van der Waals surface area contributed by atoms with Crippen molar-refractivity contribution in [3.63, 3.8) is 0 Å². The molecule has 7 nitrogen and oxygen atoms in total. The number of piperazine rings is 1. The van der Waals surface area contributed by atoms with Crippen molar-refractivity contribution in [1.82, 2.24) is 20.4 Å². The minimum Gasteiger partial charge on any atom is -0.497 e. The monoisotopic (exact) mass is 519 g/mol. The Kier molecular flexibility index (Phi) is 11.7. The highest BCUT2D eigenvalue weighted by atomic mass is 127. The van der Waals surface area contributed by atoms with E-state index in [1.807, 2.05) is 18.2 Å². The molecule has 1 unspecified atom stereocenters.